The van der Waals surface area contributed by atoms with Gasteiger partial charge in [-0.15, -0.1) is 0 Å². The molecule has 1 N–H and O–H groups in total. The Balaban J connectivity index is 1.70. The third-order valence-corrected chi connectivity index (χ3v) is 4.57. The zero-order chi connectivity index (χ0) is 18.6. The topological polar surface area (TPSA) is 84.3 Å². The zero-order valence-corrected chi connectivity index (χ0v) is 14.7. The number of benzene rings is 1. The highest BCUT2D eigenvalue weighted by atomic mass is 16.2. The molecule has 0 radical (unpaired) electrons. The van der Waals surface area contributed by atoms with Crippen LogP contribution in [0.2, 0.25) is 0 Å². The van der Waals surface area contributed by atoms with Crippen LogP contribution in [0, 0.1) is 0 Å². The SMILES string of the molecule is O=C1CCCC(=NNC(=O)c2cc(-c3ccncc3)nc3ccccc23)C1. The van der Waals surface area contributed by atoms with E-state index in [4.69, 9.17) is 0 Å². The maximum absolute atomic E-state index is 12.8. The molecule has 1 aliphatic rings. The molecule has 6 nitrogen and oxygen atoms in total. The van der Waals surface area contributed by atoms with Crippen LogP contribution in [0.5, 0.6) is 0 Å². The maximum Gasteiger partial charge on any atom is 0.272 e. The highest BCUT2D eigenvalue weighted by Crippen LogP contribution is 2.24. The zero-order valence-electron chi connectivity index (χ0n) is 14.7. The molecule has 0 atom stereocenters. The maximum atomic E-state index is 12.8. The summed E-state index contributed by atoms with van der Waals surface area (Å²) >= 11 is 0. The highest BCUT2D eigenvalue weighted by molar-refractivity contribution is 6.08. The van der Waals surface area contributed by atoms with Crippen molar-refractivity contribution in [3.05, 3.63) is 60.4 Å². The molecular weight excluding hydrogens is 340 g/mol. The summed E-state index contributed by atoms with van der Waals surface area (Å²) in [7, 11) is 0. The predicted octanol–water partition coefficient (Wildman–Crippen LogP) is 3.53. The van der Waals surface area contributed by atoms with Gasteiger partial charge in [-0.2, -0.15) is 5.10 Å². The molecule has 1 saturated carbocycles. The van der Waals surface area contributed by atoms with Crippen LogP contribution in [0.15, 0.2) is 60.0 Å². The lowest BCUT2D eigenvalue weighted by Crippen LogP contribution is -2.23. The summed E-state index contributed by atoms with van der Waals surface area (Å²) < 4.78 is 0. The second kappa shape index (κ2) is 7.45. The average molecular weight is 358 g/mol. The third kappa shape index (κ3) is 3.74. The third-order valence-electron chi connectivity index (χ3n) is 4.57. The quantitative estimate of drug-likeness (QED) is 0.726. The lowest BCUT2D eigenvalue weighted by Gasteiger charge is -2.12. The van der Waals surface area contributed by atoms with E-state index in [0.29, 0.717) is 24.1 Å². The van der Waals surface area contributed by atoms with Crippen LogP contribution in [0.3, 0.4) is 0 Å². The van der Waals surface area contributed by atoms with Gasteiger partial charge in [0.15, 0.2) is 0 Å². The van der Waals surface area contributed by atoms with Gasteiger partial charge in [-0.3, -0.25) is 14.6 Å². The Morgan fingerprint density at radius 1 is 1.07 bits per heavy atom. The normalized spacial score (nSPS) is 15.9. The Bertz CT molecular complexity index is 1040. The van der Waals surface area contributed by atoms with Gasteiger partial charge in [-0.1, -0.05) is 18.2 Å². The van der Waals surface area contributed by atoms with E-state index in [9.17, 15) is 9.59 Å². The lowest BCUT2D eigenvalue weighted by molar-refractivity contribution is -0.118. The molecule has 2 heterocycles. The minimum Gasteiger partial charge on any atom is -0.299 e. The Kier molecular flexibility index (Phi) is 4.70. The van der Waals surface area contributed by atoms with E-state index >= 15 is 0 Å². The number of fused-ring (bicyclic) bond motifs is 1. The smallest absolute Gasteiger partial charge is 0.272 e. The number of rotatable bonds is 3. The molecule has 1 fully saturated rings. The number of hydrogen-bond donors (Lipinski definition) is 1. The Hall–Kier alpha value is -3.41. The molecule has 1 aliphatic carbocycles. The fourth-order valence-corrected chi connectivity index (χ4v) is 3.21. The minimum absolute atomic E-state index is 0.170. The number of pyridine rings is 2. The van der Waals surface area contributed by atoms with Crippen molar-refractivity contribution >= 4 is 28.3 Å². The number of nitrogens with zero attached hydrogens (tertiary/aromatic N) is 3. The molecule has 0 aliphatic heterocycles. The van der Waals surface area contributed by atoms with Crippen molar-refractivity contribution in [3.63, 3.8) is 0 Å². The molecule has 2 aromatic heterocycles. The second-order valence-corrected chi connectivity index (χ2v) is 6.50. The number of hydrogen-bond acceptors (Lipinski definition) is 5. The van der Waals surface area contributed by atoms with Gasteiger partial charge in [-0.25, -0.2) is 10.4 Å². The Morgan fingerprint density at radius 2 is 1.89 bits per heavy atom. The predicted molar refractivity (Wildman–Crippen MR) is 103 cm³/mol. The number of carbonyl (C=O) groups is 2. The first-order chi connectivity index (χ1) is 13.2. The van der Waals surface area contributed by atoms with Crippen molar-refractivity contribution in [1.29, 1.82) is 0 Å². The van der Waals surface area contributed by atoms with E-state index in [-0.39, 0.29) is 11.7 Å². The summed E-state index contributed by atoms with van der Waals surface area (Å²) in [6, 6.07) is 13.0. The van der Waals surface area contributed by atoms with Crippen LogP contribution in [0.25, 0.3) is 22.2 Å². The Morgan fingerprint density at radius 3 is 2.70 bits per heavy atom. The van der Waals surface area contributed by atoms with Gasteiger partial charge < -0.3 is 0 Å². The fourth-order valence-electron chi connectivity index (χ4n) is 3.21. The van der Waals surface area contributed by atoms with Gasteiger partial charge in [0.05, 0.1) is 16.8 Å². The van der Waals surface area contributed by atoms with Crippen LogP contribution in [-0.2, 0) is 4.79 Å². The molecule has 1 aromatic carbocycles. The summed E-state index contributed by atoms with van der Waals surface area (Å²) in [6.07, 6.45) is 5.83. The Labute approximate surface area is 156 Å². The molecule has 27 heavy (non-hydrogen) atoms. The van der Waals surface area contributed by atoms with Gasteiger partial charge in [0.1, 0.15) is 5.78 Å². The summed E-state index contributed by atoms with van der Waals surface area (Å²) in [6.45, 7) is 0. The molecule has 0 bridgehead atoms. The largest absolute Gasteiger partial charge is 0.299 e. The van der Waals surface area contributed by atoms with Crippen LogP contribution in [0.1, 0.15) is 36.0 Å². The first-order valence-corrected chi connectivity index (χ1v) is 8.88. The molecule has 134 valence electrons. The van der Waals surface area contributed by atoms with E-state index in [1.807, 2.05) is 36.4 Å². The van der Waals surface area contributed by atoms with E-state index in [1.54, 1.807) is 18.5 Å². The summed E-state index contributed by atoms with van der Waals surface area (Å²) in [5, 5.41) is 4.94. The van der Waals surface area contributed by atoms with E-state index < -0.39 is 0 Å². The standard InChI is InChI=1S/C21H18N4O2/c26-16-5-3-4-15(12-16)24-25-21(27)18-13-20(14-8-10-22-11-9-14)23-19-7-2-1-6-17(18)19/h1-2,6-11,13H,3-5,12H2,(H,25,27). The molecule has 1 amide bonds. The first kappa shape index (κ1) is 17.0. The first-order valence-electron chi connectivity index (χ1n) is 8.88. The number of hydrazone groups is 1. The van der Waals surface area contributed by atoms with Crippen molar-refractivity contribution in [2.75, 3.05) is 0 Å². The number of aromatic nitrogens is 2. The highest BCUT2D eigenvalue weighted by Gasteiger charge is 2.17. The molecule has 0 spiro atoms. The minimum atomic E-state index is -0.311. The molecule has 6 heteroatoms. The van der Waals surface area contributed by atoms with Gasteiger partial charge in [0, 0.05) is 41.9 Å². The van der Waals surface area contributed by atoms with Gasteiger partial charge in [0.2, 0.25) is 0 Å². The van der Waals surface area contributed by atoms with Crippen molar-refractivity contribution in [3.8, 4) is 11.3 Å². The van der Waals surface area contributed by atoms with E-state index in [1.165, 1.54) is 0 Å². The number of Topliss-reactive ketones (excluding diaryl/α,β-unsaturated/α-hetero) is 1. The molecular formula is C21H18N4O2. The molecule has 3 aromatic rings. The van der Waals surface area contributed by atoms with Crippen LogP contribution in [0.4, 0.5) is 0 Å². The molecule has 0 unspecified atom stereocenters. The van der Waals surface area contributed by atoms with Crippen molar-refractivity contribution in [1.82, 2.24) is 15.4 Å². The second-order valence-electron chi connectivity index (χ2n) is 6.50. The molecule has 4 rings (SSSR count). The van der Waals surface area contributed by atoms with Crippen LogP contribution in [-0.4, -0.2) is 27.4 Å². The number of nitrogens with one attached hydrogen (secondary N) is 1. The number of para-hydroxylation sites is 1. The number of carbonyl (C=O) groups excluding carboxylic acids is 2. The van der Waals surface area contributed by atoms with Gasteiger partial charge in [0.25, 0.3) is 5.91 Å². The lowest BCUT2D eigenvalue weighted by atomic mass is 9.97. The van der Waals surface area contributed by atoms with Gasteiger partial charge in [-0.05, 0) is 37.1 Å². The average Bonchev–Trinajstić information content (AvgIpc) is 2.72. The van der Waals surface area contributed by atoms with E-state index in [2.05, 4.69) is 20.5 Å². The van der Waals surface area contributed by atoms with Crippen molar-refractivity contribution in [2.45, 2.75) is 25.7 Å². The summed E-state index contributed by atoms with van der Waals surface area (Å²) in [4.78, 5) is 33.1. The van der Waals surface area contributed by atoms with Crippen molar-refractivity contribution < 1.29 is 9.59 Å². The van der Waals surface area contributed by atoms with Gasteiger partial charge >= 0.3 is 0 Å². The number of amides is 1. The number of ketones is 1. The van der Waals surface area contributed by atoms with Crippen LogP contribution >= 0.6 is 0 Å². The molecule has 0 saturated heterocycles. The van der Waals surface area contributed by atoms with Crippen molar-refractivity contribution in [2.24, 2.45) is 5.10 Å². The fraction of sp³-hybridized carbons (Fsp3) is 0.190. The summed E-state index contributed by atoms with van der Waals surface area (Å²) in [5.74, 6) is -0.141. The summed E-state index contributed by atoms with van der Waals surface area (Å²) in [5.41, 5.74) is 6.16. The van der Waals surface area contributed by atoms with Crippen LogP contribution < -0.4 is 5.43 Å². The monoisotopic (exact) mass is 358 g/mol. The van der Waals surface area contributed by atoms with E-state index in [0.717, 1.165) is 35.0 Å².